The van der Waals surface area contributed by atoms with E-state index in [9.17, 15) is 4.79 Å². The van der Waals surface area contributed by atoms with Gasteiger partial charge in [-0.2, -0.15) is 0 Å². The molecule has 0 atom stereocenters. The van der Waals surface area contributed by atoms with Gasteiger partial charge in [0.2, 0.25) is 0 Å². The predicted molar refractivity (Wildman–Crippen MR) is 87.0 cm³/mol. The van der Waals surface area contributed by atoms with Crippen LogP contribution in [0.2, 0.25) is 0 Å². The molecule has 22 heavy (non-hydrogen) atoms. The summed E-state index contributed by atoms with van der Waals surface area (Å²) in [6.45, 7) is 11.9. The first-order valence-corrected chi connectivity index (χ1v) is 8.88. The van der Waals surface area contributed by atoms with Gasteiger partial charge in [0.25, 0.3) is 0 Å². The molecule has 0 aromatic heterocycles. The average molecular weight is 309 g/mol. The summed E-state index contributed by atoms with van der Waals surface area (Å²) in [4.78, 5) is 19.2. The number of piperidine rings is 1. The van der Waals surface area contributed by atoms with Crippen LogP contribution in [0.15, 0.2) is 0 Å². The Morgan fingerprint density at radius 2 is 1.32 bits per heavy atom. The molecule has 3 fully saturated rings. The highest BCUT2D eigenvalue weighted by Gasteiger charge is 2.34. The van der Waals surface area contributed by atoms with E-state index in [1.54, 1.807) is 0 Å². The quantitative estimate of drug-likeness (QED) is 0.783. The van der Waals surface area contributed by atoms with Gasteiger partial charge in [-0.05, 0) is 59.5 Å². The third kappa shape index (κ3) is 4.13. The molecule has 0 bridgehead atoms. The van der Waals surface area contributed by atoms with E-state index >= 15 is 0 Å². The summed E-state index contributed by atoms with van der Waals surface area (Å²) < 4.78 is 5.47. The standard InChI is InChI=1S/C17H31N3O2/c1-17(2,3)22-16(21)20-12-10-19(11-13-20)15-6-8-18(9-7-15)14-4-5-14/h14-15H,4-13H2,1-3H3. The molecular weight excluding hydrogens is 278 g/mol. The summed E-state index contributed by atoms with van der Waals surface area (Å²) in [6.07, 6.45) is 5.26. The van der Waals surface area contributed by atoms with Crippen LogP contribution in [0.25, 0.3) is 0 Å². The van der Waals surface area contributed by atoms with Crippen molar-refractivity contribution >= 4 is 6.09 Å². The summed E-state index contributed by atoms with van der Waals surface area (Å²) in [5.74, 6) is 0. The fourth-order valence-corrected chi connectivity index (χ4v) is 3.65. The Morgan fingerprint density at radius 3 is 1.82 bits per heavy atom. The highest BCUT2D eigenvalue weighted by atomic mass is 16.6. The van der Waals surface area contributed by atoms with Gasteiger partial charge in [-0.15, -0.1) is 0 Å². The summed E-state index contributed by atoms with van der Waals surface area (Å²) >= 11 is 0. The third-order valence-electron chi connectivity index (χ3n) is 5.04. The van der Waals surface area contributed by atoms with Crippen LogP contribution >= 0.6 is 0 Å². The van der Waals surface area contributed by atoms with E-state index in [-0.39, 0.29) is 6.09 Å². The Kier molecular flexibility index (Phi) is 4.64. The van der Waals surface area contributed by atoms with Crippen molar-refractivity contribution in [1.29, 1.82) is 0 Å². The second kappa shape index (κ2) is 6.36. The van der Waals surface area contributed by atoms with Crippen LogP contribution in [0, 0.1) is 0 Å². The van der Waals surface area contributed by atoms with Crippen molar-refractivity contribution in [3.8, 4) is 0 Å². The van der Waals surface area contributed by atoms with Crippen molar-refractivity contribution in [1.82, 2.24) is 14.7 Å². The maximum Gasteiger partial charge on any atom is 0.410 e. The Labute approximate surface area is 134 Å². The third-order valence-corrected chi connectivity index (χ3v) is 5.04. The van der Waals surface area contributed by atoms with Gasteiger partial charge >= 0.3 is 6.09 Å². The van der Waals surface area contributed by atoms with Crippen LogP contribution in [0.3, 0.4) is 0 Å². The minimum atomic E-state index is -0.399. The molecule has 126 valence electrons. The number of likely N-dealkylation sites (tertiary alicyclic amines) is 1. The molecule has 1 aliphatic carbocycles. The van der Waals surface area contributed by atoms with E-state index in [1.807, 2.05) is 25.7 Å². The molecule has 0 aromatic carbocycles. The highest BCUT2D eigenvalue weighted by Crippen LogP contribution is 2.30. The zero-order valence-electron chi connectivity index (χ0n) is 14.4. The Balaban J connectivity index is 1.41. The molecule has 0 N–H and O–H groups in total. The first-order valence-electron chi connectivity index (χ1n) is 8.88. The van der Waals surface area contributed by atoms with Gasteiger partial charge in [-0.1, -0.05) is 0 Å². The molecule has 3 aliphatic rings. The van der Waals surface area contributed by atoms with Gasteiger partial charge < -0.3 is 14.5 Å². The molecule has 5 nitrogen and oxygen atoms in total. The number of carbonyl (C=O) groups excluding carboxylic acids is 1. The second-order valence-corrected chi connectivity index (χ2v) is 8.00. The maximum absolute atomic E-state index is 12.1. The number of rotatable bonds is 2. The molecule has 1 saturated carbocycles. The molecule has 3 rings (SSSR count). The summed E-state index contributed by atoms with van der Waals surface area (Å²) in [6, 6.07) is 1.63. The molecule has 5 heteroatoms. The van der Waals surface area contributed by atoms with Crippen molar-refractivity contribution in [3.63, 3.8) is 0 Å². The van der Waals surface area contributed by atoms with E-state index in [0.717, 1.165) is 38.3 Å². The second-order valence-electron chi connectivity index (χ2n) is 8.00. The van der Waals surface area contributed by atoms with Gasteiger partial charge in [0, 0.05) is 38.3 Å². The predicted octanol–water partition coefficient (Wildman–Crippen LogP) is 2.17. The SMILES string of the molecule is CC(C)(C)OC(=O)N1CCN(C2CCN(C3CC3)CC2)CC1. The summed E-state index contributed by atoms with van der Waals surface area (Å²) in [5, 5.41) is 0. The molecule has 1 amide bonds. The monoisotopic (exact) mass is 309 g/mol. The topological polar surface area (TPSA) is 36.0 Å². The molecule has 0 aromatic rings. The Bertz CT molecular complexity index is 387. The zero-order chi connectivity index (χ0) is 15.7. The largest absolute Gasteiger partial charge is 0.444 e. The smallest absolute Gasteiger partial charge is 0.410 e. The van der Waals surface area contributed by atoms with Crippen LogP contribution in [-0.4, -0.2) is 77.7 Å². The molecule has 0 radical (unpaired) electrons. The normalized spacial score (nSPS) is 26.2. The van der Waals surface area contributed by atoms with E-state index in [4.69, 9.17) is 4.74 Å². The summed E-state index contributed by atoms with van der Waals surface area (Å²) in [5.41, 5.74) is -0.399. The van der Waals surface area contributed by atoms with Crippen LogP contribution in [-0.2, 0) is 4.74 Å². The lowest BCUT2D eigenvalue weighted by molar-refractivity contribution is 0.00554. The van der Waals surface area contributed by atoms with Crippen LogP contribution in [0.1, 0.15) is 46.5 Å². The fourth-order valence-electron chi connectivity index (χ4n) is 3.65. The lowest BCUT2D eigenvalue weighted by atomic mass is 10.0. The number of hydrogen-bond acceptors (Lipinski definition) is 4. The molecule has 0 spiro atoms. The van der Waals surface area contributed by atoms with E-state index in [2.05, 4.69) is 9.80 Å². The first-order chi connectivity index (χ1) is 10.4. The number of nitrogens with zero attached hydrogens (tertiary/aromatic N) is 3. The van der Waals surface area contributed by atoms with Gasteiger partial charge in [0.1, 0.15) is 5.60 Å². The number of hydrogen-bond donors (Lipinski definition) is 0. The molecule has 0 unspecified atom stereocenters. The van der Waals surface area contributed by atoms with Crippen LogP contribution in [0.4, 0.5) is 4.79 Å². The van der Waals surface area contributed by atoms with E-state index < -0.39 is 5.60 Å². The van der Waals surface area contributed by atoms with Crippen molar-refractivity contribution in [3.05, 3.63) is 0 Å². The number of amides is 1. The Hall–Kier alpha value is -0.810. The van der Waals surface area contributed by atoms with Gasteiger partial charge in [-0.25, -0.2) is 4.79 Å². The van der Waals surface area contributed by atoms with E-state index in [1.165, 1.54) is 38.8 Å². The lowest BCUT2D eigenvalue weighted by Crippen LogP contribution is -2.55. The number of carbonyl (C=O) groups is 1. The average Bonchev–Trinajstić information content (AvgIpc) is 3.30. The number of ether oxygens (including phenoxy) is 1. The van der Waals surface area contributed by atoms with Crippen LogP contribution in [0.5, 0.6) is 0 Å². The molecule has 2 heterocycles. The van der Waals surface area contributed by atoms with Gasteiger partial charge in [0.15, 0.2) is 0 Å². The summed E-state index contributed by atoms with van der Waals surface area (Å²) in [7, 11) is 0. The van der Waals surface area contributed by atoms with Crippen molar-refractivity contribution in [2.45, 2.75) is 64.1 Å². The molecule has 2 aliphatic heterocycles. The Morgan fingerprint density at radius 1 is 0.818 bits per heavy atom. The van der Waals surface area contributed by atoms with E-state index in [0.29, 0.717) is 0 Å². The van der Waals surface area contributed by atoms with Gasteiger partial charge in [0.05, 0.1) is 0 Å². The lowest BCUT2D eigenvalue weighted by Gasteiger charge is -2.43. The maximum atomic E-state index is 12.1. The van der Waals surface area contributed by atoms with Crippen molar-refractivity contribution in [2.75, 3.05) is 39.3 Å². The molecular formula is C17H31N3O2. The minimum Gasteiger partial charge on any atom is -0.444 e. The van der Waals surface area contributed by atoms with Crippen molar-refractivity contribution in [2.24, 2.45) is 0 Å². The van der Waals surface area contributed by atoms with Crippen LogP contribution < -0.4 is 0 Å². The molecule has 2 saturated heterocycles. The fraction of sp³-hybridized carbons (Fsp3) is 0.941. The highest BCUT2D eigenvalue weighted by molar-refractivity contribution is 5.68. The van der Waals surface area contributed by atoms with Crippen molar-refractivity contribution < 1.29 is 9.53 Å². The number of piperazine rings is 1. The minimum absolute atomic E-state index is 0.157. The van der Waals surface area contributed by atoms with Gasteiger partial charge in [-0.3, -0.25) is 4.90 Å². The zero-order valence-corrected chi connectivity index (χ0v) is 14.4. The first kappa shape index (κ1) is 16.1.